The van der Waals surface area contributed by atoms with E-state index >= 15 is 0 Å². The summed E-state index contributed by atoms with van der Waals surface area (Å²) in [5.41, 5.74) is 3.63. The molecule has 1 N–H and O–H groups in total. The first-order valence-electron chi connectivity index (χ1n) is 9.50. The molecule has 0 aliphatic carbocycles. The number of likely N-dealkylation sites (N-methyl/N-ethyl adjacent to an activating group) is 1. The van der Waals surface area contributed by atoms with Gasteiger partial charge in [0.1, 0.15) is 5.75 Å². The Morgan fingerprint density at radius 1 is 1.28 bits per heavy atom. The molecule has 4 nitrogen and oxygen atoms in total. The van der Waals surface area contributed by atoms with Crippen LogP contribution < -0.4 is 10.1 Å². The molecule has 0 saturated carbocycles. The second kappa shape index (κ2) is 11.1. The Morgan fingerprint density at radius 2 is 2.00 bits per heavy atom. The quantitative estimate of drug-likeness (QED) is 0.664. The van der Waals surface area contributed by atoms with Gasteiger partial charge in [-0.2, -0.15) is 0 Å². The molecule has 0 aliphatic rings. The van der Waals surface area contributed by atoms with Crippen LogP contribution in [0.25, 0.3) is 0 Å². The van der Waals surface area contributed by atoms with E-state index in [2.05, 4.69) is 50.0 Å². The predicted molar refractivity (Wildman–Crippen MR) is 105 cm³/mol. The van der Waals surface area contributed by atoms with Crippen LogP contribution in [-0.2, 0) is 17.6 Å². The molecule has 0 radical (unpaired) electrons. The third-order valence-electron chi connectivity index (χ3n) is 4.26. The molecular weight excluding hydrogens is 312 g/mol. The Hall–Kier alpha value is -1.55. The summed E-state index contributed by atoms with van der Waals surface area (Å²) in [6, 6.07) is 4.36. The van der Waals surface area contributed by atoms with Crippen molar-refractivity contribution in [3.63, 3.8) is 0 Å². The highest BCUT2D eigenvalue weighted by Crippen LogP contribution is 2.27. The number of carbonyl (C=O) groups is 1. The third-order valence-corrected chi connectivity index (χ3v) is 4.26. The number of hydrogen-bond donors (Lipinski definition) is 1. The van der Waals surface area contributed by atoms with Crippen molar-refractivity contribution in [3.8, 4) is 5.75 Å². The van der Waals surface area contributed by atoms with E-state index in [0.29, 0.717) is 18.9 Å². The number of benzene rings is 1. The number of rotatable bonds is 11. The lowest BCUT2D eigenvalue weighted by Gasteiger charge is -2.16. The SMILES string of the molecule is CCc1cc(CCC(=O)NCCN(C)C)cc(C)c1OCCC(C)C. The van der Waals surface area contributed by atoms with E-state index in [9.17, 15) is 4.79 Å². The van der Waals surface area contributed by atoms with Crippen LogP contribution in [0.15, 0.2) is 12.1 Å². The van der Waals surface area contributed by atoms with E-state index < -0.39 is 0 Å². The van der Waals surface area contributed by atoms with Gasteiger partial charge in [0.25, 0.3) is 0 Å². The van der Waals surface area contributed by atoms with E-state index in [-0.39, 0.29) is 5.91 Å². The van der Waals surface area contributed by atoms with Gasteiger partial charge in [0.15, 0.2) is 0 Å². The summed E-state index contributed by atoms with van der Waals surface area (Å²) in [4.78, 5) is 14.0. The summed E-state index contributed by atoms with van der Waals surface area (Å²) >= 11 is 0. The summed E-state index contributed by atoms with van der Waals surface area (Å²) in [6.07, 6.45) is 3.32. The molecule has 1 amide bonds. The highest BCUT2D eigenvalue weighted by atomic mass is 16.5. The van der Waals surface area contributed by atoms with Crippen molar-refractivity contribution < 1.29 is 9.53 Å². The number of ether oxygens (including phenoxy) is 1. The summed E-state index contributed by atoms with van der Waals surface area (Å²) in [5.74, 6) is 1.80. The van der Waals surface area contributed by atoms with Crippen molar-refractivity contribution in [2.45, 2.75) is 53.4 Å². The van der Waals surface area contributed by atoms with Crippen LogP contribution >= 0.6 is 0 Å². The fourth-order valence-corrected chi connectivity index (χ4v) is 2.70. The molecule has 0 aliphatic heterocycles. The number of nitrogens with one attached hydrogen (secondary N) is 1. The van der Waals surface area contributed by atoms with E-state index in [1.807, 2.05) is 14.1 Å². The summed E-state index contributed by atoms with van der Waals surface area (Å²) in [7, 11) is 4.01. The molecule has 142 valence electrons. The first-order chi connectivity index (χ1) is 11.8. The molecule has 0 saturated heterocycles. The van der Waals surface area contributed by atoms with Gasteiger partial charge in [-0.25, -0.2) is 0 Å². The number of amides is 1. The van der Waals surface area contributed by atoms with Crippen molar-refractivity contribution in [1.29, 1.82) is 0 Å². The topological polar surface area (TPSA) is 41.6 Å². The standard InChI is InChI=1S/C21H36N2O2/c1-7-19-15-18(8-9-20(24)22-11-12-23(5)6)14-17(4)21(19)25-13-10-16(2)3/h14-16H,7-13H2,1-6H3,(H,22,24). The maximum atomic E-state index is 12.0. The maximum Gasteiger partial charge on any atom is 0.220 e. The monoisotopic (exact) mass is 348 g/mol. The van der Waals surface area contributed by atoms with E-state index in [1.54, 1.807) is 0 Å². The van der Waals surface area contributed by atoms with Crippen molar-refractivity contribution in [3.05, 3.63) is 28.8 Å². The smallest absolute Gasteiger partial charge is 0.220 e. The molecule has 0 spiro atoms. The summed E-state index contributed by atoms with van der Waals surface area (Å²) < 4.78 is 6.04. The van der Waals surface area contributed by atoms with Gasteiger partial charge in [-0.05, 0) is 62.9 Å². The Morgan fingerprint density at radius 3 is 2.60 bits per heavy atom. The zero-order chi connectivity index (χ0) is 18.8. The van der Waals surface area contributed by atoms with Crippen LogP contribution in [0.2, 0.25) is 0 Å². The van der Waals surface area contributed by atoms with Crippen molar-refractivity contribution >= 4 is 5.91 Å². The number of carbonyl (C=O) groups excluding carboxylic acids is 1. The Kier molecular flexibility index (Phi) is 9.58. The second-order valence-electron chi connectivity index (χ2n) is 7.44. The summed E-state index contributed by atoms with van der Waals surface area (Å²) in [5, 5.41) is 2.97. The first-order valence-corrected chi connectivity index (χ1v) is 9.50. The van der Waals surface area contributed by atoms with Gasteiger partial charge < -0.3 is 15.0 Å². The molecular formula is C21H36N2O2. The molecule has 0 bridgehead atoms. The van der Waals surface area contributed by atoms with Crippen LogP contribution in [0.4, 0.5) is 0 Å². The zero-order valence-corrected chi connectivity index (χ0v) is 16.9. The van der Waals surface area contributed by atoms with Crippen molar-refractivity contribution in [2.24, 2.45) is 5.92 Å². The average Bonchev–Trinajstić information content (AvgIpc) is 2.53. The molecule has 1 aromatic rings. The lowest BCUT2D eigenvalue weighted by Crippen LogP contribution is -2.31. The predicted octanol–water partition coefficient (Wildman–Crippen LogP) is 3.59. The van der Waals surface area contributed by atoms with Gasteiger partial charge in [0.2, 0.25) is 5.91 Å². The third kappa shape index (κ3) is 8.39. The normalized spacial score (nSPS) is 11.2. The van der Waals surface area contributed by atoms with Crippen LogP contribution in [0.1, 0.15) is 50.3 Å². The molecule has 0 atom stereocenters. The molecule has 0 unspecified atom stereocenters. The van der Waals surface area contributed by atoms with Gasteiger partial charge in [0, 0.05) is 19.5 Å². The Balaban J connectivity index is 2.60. The molecule has 25 heavy (non-hydrogen) atoms. The average molecular weight is 349 g/mol. The van der Waals surface area contributed by atoms with Gasteiger partial charge in [0.05, 0.1) is 6.61 Å². The molecule has 0 heterocycles. The summed E-state index contributed by atoms with van der Waals surface area (Å²) in [6.45, 7) is 11.0. The molecule has 4 heteroatoms. The van der Waals surface area contributed by atoms with Gasteiger partial charge in [-0.1, -0.05) is 32.9 Å². The van der Waals surface area contributed by atoms with Gasteiger partial charge >= 0.3 is 0 Å². The number of aryl methyl sites for hydroxylation is 3. The zero-order valence-electron chi connectivity index (χ0n) is 16.9. The van der Waals surface area contributed by atoms with Gasteiger partial charge in [-0.3, -0.25) is 4.79 Å². The maximum absolute atomic E-state index is 12.0. The number of hydrogen-bond acceptors (Lipinski definition) is 3. The Bertz CT molecular complexity index is 539. The van der Waals surface area contributed by atoms with Crippen LogP contribution in [0.3, 0.4) is 0 Å². The largest absolute Gasteiger partial charge is 0.493 e. The van der Waals surface area contributed by atoms with Crippen LogP contribution in [0, 0.1) is 12.8 Å². The molecule has 1 rings (SSSR count). The second-order valence-corrected chi connectivity index (χ2v) is 7.44. The fourth-order valence-electron chi connectivity index (χ4n) is 2.70. The highest BCUT2D eigenvalue weighted by Gasteiger charge is 2.10. The van der Waals surface area contributed by atoms with Crippen molar-refractivity contribution in [1.82, 2.24) is 10.2 Å². The lowest BCUT2D eigenvalue weighted by atomic mass is 10.00. The fraction of sp³-hybridized carbons (Fsp3) is 0.667. The molecule has 1 aromatic carbocycles. The van der Waals surface area contributed by atoms with E-state index in [1.165, 1.54) is 16.7 Å². The molecule has 0 fully saturated rings. The van der Waals surface area contributed by atoms with E-state index in [4.69, 9.17) is 4.74 Å². The van der Waals surface area contributed by atoms with Crippen molar-refractivity contribution in [2.75, 3.05) is 33.8 Å². The highest BCUT2D eigenvalue weighted by molar-refractivity contribution is 5.76. The number of nitrogens with zero attached hydrogens (tertiary/aromatic N) is 1. The van der Waals surface area contributed by atoms with Gasteiger partial charge in [-0.15, -0.1) is 0 Å². The van der Waals surface area contributed by atoms with Crippen LogP contribution in [-0.4, -0.2) is 44.6 Å². The van der Waals surface area contributed by atoms with Crippen LogP contribution in [0.5, 0.6) is 5.75 Å². The minimum atomic E-state index is 0.120. The Labute approximate surface area is 153 Å². The molecule has 0 aromatic heterocycles. The first kappa shape index (κ1) is 21.5. The minimum Gasteiger partial charge on any atom is -0.493 e. The lowest BCUT2D eigenvalue weighted by molar-refractivity contribution is -0.121. The van der Waals surface area contributed by atoms with E-state index in [0.717, 1.165) is 38.2 Å². The minimum absolute atomic E-state index is 0.120.